The summed E-state index contributed by atoms with van der Waals surface area (Å²) in [6.07, 6.45) is 4.79. The van der Waals surface area contributed by atoms with Crippen LogP contribution in [0.1, 0.15) is 36.8 Å². The van der Waals surface area contributed by atoms with E-state index in [9.17, 15) is 4.79 Å². The van der Waals surface area contributed by atoms with Gasteiger partial charge in [0.05, 0.1) is 0 Å². The maximum Gasteiger partial charge on any atom is 0.159 e. The lowest BCUT2D eigenvalue weighted by Gasteiger charge is -2.07. The molecule has 0 bridgehead atoms. The summed E-state index contributed by atoms with van der Waals surface area (Å²) in [4.78, 5) is 11.9. The summed E-state index contributed by atoms with van der Waals surface area (Å²) in [7, 11) is 0. The van der Waals surface area contributed by atoms with Gasteiger partial charge in [-0.2, -0.15) is 0 Å². The van der Waals surface area contributed by atoms with Gasteiger partial charge in [0.15, 0.2) is 5.78 Å². The van der Waals surface area contributed by atoms with Crippen LogP contribution in [0.3, 0.4) is 0 Å². The van der Waals surface area contributed by atoms with Crippen LogP contribution in [0.15, 0.2) is 23.8 Å². The van der Waals surface area contributed by atoms with Gasteiger partial charge in [0, 0.05) is 6.42 Å². The van der Waals surface area contributed by atoms with Crippen LogP contribution < -0.4 is 0 Å². The van der Waals surface area contributed by atoms with Gasteiger partial charge in [-0.15, -0.1) is 0 Å². The third-order valence-corrected chi connectivity index (χ3v) is 3.45. The van der Waals surface area contributed by atoms with Crippen LogP contribution in [0, 0.1) is 6.07 Å². The van der Waals surface area contributed by atoms with Crippen molar-refractivity contribution in [3.05, 3.63) is 41.0 Å². The van der Waals surface area contributed by atoms with E-state index in [2.05, 4.69) is 12.1 Å². The Morgan fingerprint density at radius 1 is 1.07 bits per heavy atom. The number of aryl methyl sites for hydroxylation is 1. The molecule has 1 aromatic carbocycles. The molecule has 1 radical (unpaired) electrons. The lowest BCUT2D eigenvalue weighted by atomic mass is 9.98. The Balaban J connectivity index is 2.21. The number of fused-ring (bicyclic) bond motifs is 2. The SMILES string of the molecule is O=C1CCc2c[c]ccc2C2=C1CCC2. The molecule has 0 saturated heterocycles. The topological polar surface area (TPSA) is 17.1 Å². The van der Waals surface area contributed by atoms with E-state index in [1.165, 1.54) is 16.7 Å². The first kappa shape index (κ1) is 8.90. The van der Waals surface area contributed by atoms with Gasteiger partial charge in [-0.25, -0.2) is 0 Å². The maximum absolute atomic E-state index is 11.9. The molecule has 15 heavy (non-hydrogen) atoms. The highest BCUT2D eigenvalue weighted by Crippen LogP contribution is 2.38. The zero-order valence-corrected chi connectivity index (χ0v) is 8.68. The van der Waals surface area contributed by atoms with Crippen molar-refractivity contribution in [3.63, 3.8) is 0 Å². The maximum atomic E-state index is 11.9. The Morgan fingerprint density at radius 3 is 2.87 bits per heavy atom. The second kappa shape index (κ2) is 3.34. The summed E-state index contributed by atoms with van der Waals surface area (Å²) >= 11 is 0. The van der Waals surface area contributed by atoms with E-state index < -0.39 is 0 Å². The van der Waals surface area contributed by atoms with E-state index in [1.54, 1.807) is 0 Å². The highest BCUT2D eigenvalue weighted by molar-refractivity contribution is 6.04. The fourth-order valence-corrected chi connectivity index (χ4v) is 2.71. The highest BCUT2D eigenvalue weighted by Gasteiger charge is 2.25. The number of Topliss-reactive ketones (excluding diaryl/α,β-unsaturated/α-hetero) is 1. The van der Waals surface area contributed by atoms with Crippen molar-refractivity contribution in [2.24, 2.45) is 0 Å². The Morgan fingerprint density at radius 2 is 1.93 bits per heavy atom. The molecule has 0 amide bonds. The van der Waals surface area contributed by atoms with Gasteiger partial charge in [-0.05, 0) is 54.0 Å². The highest BCUT2D eigenvalue weighted by atomic mass is 16.1. The van der Waals surface area contributed by atoms with Crippen molar-refractivity contribution in [2.75, 3.05) is 0 Å². The zero-order valence-electron chi connectivity index (χ0n) is 8.68. The standard InChI is InChI=1S/C14H13O/c15-14-9-8-10-4-1-2-5-11(10)12-6-3-7-13(12)14/h2,4-5H,3,6-9H2. The van der Waals surface area contributed by atoms with Crippen molar-refractivity contribution in [1.29, 1.82) is 0 Å². The third-order valence-electron chi connectivity index (χ3n) is 3.45. The second-order valence-electron chi connectivity index (χ2n) is 4.32. The first-order valence-corrected chi connectivity index (χ1v) is 5.61. The van der Waals surface area contributed by atoms with E-state index in [0.29, 0.717) is 12.2 Å². The van der Waals surface area contributed by atoms with Crippen molar-refractivity contribution < 1.29 is 4.79 Å². The minimum atomic E-state index is 0.374. The largest absolute Gasteiger partial charge is 0.295 e. The molecule has 0 spiro atoms. The van der Waals surface area contributed by atoms with E-state index in [-0.39, 0.29) is 0 Å². The second-order valence-corrected chi connectivity index (χ2v) is 4.32. The van der Waals surface area contributed by atoms with Crippen molar-refractivity contribution >= 4 is 11.4 Å². The molecule has 1 heteroatoms. The predicted molar refractivity (Wildman–Crippen MR) is 59.4 cm³/mol. The number of carbonyl (C=O) groups excluding carboxylic acids is 1. The predicted octanol–water partition coefficient (Wildman–Crippen LogP) is 2.94. The molecule has 1 nitrogen and oxygen atoms in total. The average molecular weight is 197 g/mol. The molecule has 0 heterocycles. The fourth-order valence-electron chi connectivity index (χ4n) is 2.71. The molecule has 0 fully saturated rings. The molecule has 0 aliphatic heterocycles. The van der Waals surface area contributed by atoms with Crippen molar-refractivity contribution in [2.45, 2.75) is 32.1 Å². The number of carbonyl (C=O) groups is 1. The number of benzene rings is 1. The molecule has 0 aromatic heterocycles. The lowest BCUT2D eigenvalue weighted by Crippen LogP contribution is -2.00. The van der Waals surface area contributed by atoms with Gasteiger partial charge in [0.25, 0.3) is 0 Å². The molecule has 1 aromatic rings. The number of rotatable bonds is 0. The molecule has 2 aliphatic rings. The first-order chi connectivity index (χ1) is 7.36. The quantitative estimate of drug-likeness (QED) is 0.625. The zero-order chi connectivity index (χ0) is 10.3. The van der Waals surface area contributed by atoms with Gasteiger partial charge < -0.3 is 0 Å². The molecule has 75 valence electrons. The smallest absolute Gasteiger partial charge is 0.159 e. The third kappa shape index (κ3) is 1.34. The molecule has 0 atom stereocenters. The summed E-state index contributed by atoms with van der Waals surface area (Å²) in [6.45, 7) is 0. The Bertz CT molecular complexity index is 454. The number of hydrogen-bond acceptors (Lipinski definition) is 1. The van der Waals surface area contributed by atoms with Gasteiger partial charge in [0.2, 0.25) is 0 Å². The monoisotopic (exact) mass is 197 g/mol. The summed E-state index contributed by atoms with van der Waals surface area (Å²) in [5.74, 6) is 0.374. The van der Waals surface area contributed by atoms with Gasteiger partial charge in [-0.1, -0.05) is 18.2 Å². The van der Waals surface area contributed by atoms with E-state index >= 15 is 0 Å². The Labute approximate surface area is 89.8 Å². The van der Waals surface area contributed by atoms with Crippen molar-refractivity contribution in [1.82, 2.24) is 0 Å². The summed E-state index contributed by atoms with van der Waals surface area (Å²) in [5.41, 5.74) is 5.05. The van der Waals surface area contributed by atoms with Crippen LogP contribution in [0.25, 0.3) is 5.57 Å². The van der Waals surface area contributed by atoms with Gasteiger partial charge >= 0.3 is 0 Å². The molecule has 0 unspecified atom stereocenters. The summed E-state index contributed by atoms with van der Waals surface area (Å²) < 4.78 is 0. The molecule has 3 rings (SSSR count). The van der Waals surface area contributed by atoms with Crippen molar-refractivity contribution in [3.8, 4) is 0 Å². The summed E-state index contributed by atoms with van der Waals surface area (Å²) in [5, 5.41) is 0. The Kier molecular flexibility index (Phi) is 1.98. The number of allylic oxidation sites excluding steroid dienone is 2. The fraction of sp³-hybridized carbons (Fsp3) is 0.357. The summed E-state index contributed by atoms with van der Waals surface area (Å²) in [6, 6.07) is 9.22. The number of ketones is 1. The van der Waals surface area contributed by atoms with Gasteiger partial charge in [0.1, 0.15) is 0 Å². The number of hydrogen-bond donors (Lipinski definition) is 0. The molecule has 2 aliphatic carbocycles. The van der Waals surface area contributed by atoms with Crippen LogP contribution in [-0.2, 0) is 11.2 Å². The van der Waals surface area contributed by atoms with E-state index in [4.69, 9.17) is 0 Å². The van der Waals surface area contributed by atoms with E-state index in [0.717, 1.165) is 31.3 Å². The molecule has 0 saturated carbocycles. The molecule has 0 N–H and O–H groups in total. The van der Waals surface area contributed by atoms with Gasteiger partial charge in [-0.3, -0.25) is 4.79 Å². The minimum absolute atomic E-state index is 0.374. The normalized spacial score (nSPS) is 19.9. The molecular weight excluding hydrogens is 184 g/mol. The van der Waals surface area contributed by atoms with Crippen LogP contribution in [0.2, 0.25) is 0 Å². The molecular formula is C14H13O. The van der Waals surface area contributed by atoms with Crippen LogP contribution in [0.5, 0.6) is 0 Å². The van der Waals surface area contributed by atoms with Crippen LogP contribution in [-0.4, -0.2) is 5.78 Å². The minimum Gasteiger partial charge on any atom is -0.295 e. The van der Waals surface area contributed by atoms with Crippen LogP contribution in [0.4, 0.5) is 0 Å². The lowest BCUT2D eigenvalue weighted by molar-refractivity contribution is -0.115. The first-order valence-electron chi connectivity index (χ1n) is 5.61. The van der Waals surface area contributed by atoms with Crippen LogP contribution >= 0.6 is 0 Å². The average Bonchev–Trinajstić information content (AvgIpc) is 2.71. The Hall–Kier alpha value is -1.37. The van der Waals surface area contributed by atoms with E-state index in [1.807, 2.05) is 12.1 Å².